The van der Waals surface area contributed by atoms with Crippen LogP contribution >= 0.6 is 23.4 Å². The van der Waals surface area contributed by atoms with Gasteiger partial charge in [0, 0.05) is 9.79 Å². The molecule has 0 radical (unpaired) electrons. The van der Waals surface area contributed by atoms with Crippen LogP contribution in [0.4, 0.5) is 5.82 Å². The number of ether oxygens (including phenoxy) is 1. The maximum absolute atomic E-state index is 6.27. The Labute approximate surface area is 169 Å². The van der Waals surface area contributed by atoms with Gasteiger partial charge >= 0.3 is 0 Å². The van der Waals surface area contributed by atoms with Crippen LogP contribution < -0.4 is 10.1 Å². The Bertz CT molecular complexity index is 870. The third-order valence-electron chi connectivity index (χ3n) is 3.94. The van der Waals surface area contributed by atoms with Crippen molar-refractivity contribution in [2.75, 3.05) is 18.5 Å². The normalized spacial score (nSPS) is 10.6. The Morgan fingerprint density at radius 3 is 2.33 bits per heavy atom. The molecule has 2 aromatic carbocycles. The minimum Gasteiger partial charge on any atom is -0.492 e. The molecular weight excluding hydrogens is 378 g/mol. The van der Waals surface area contributed by atoms with Gasteiger partial charge in [0.15, 0.2) is 0 Å². The lowest BCUT2D eigenvalue weighted by Crippen LogP contribution is -2.13. The Morgan fingerprint density at radius 1 is 1.00 bits per heavy atom. The van der Waals surface area contributed by atoms with E-state index >= 15 is 0 Å². The van der Waals surface area contributed by atoms with Crippen LogP contribution in [0, 0.1) is 6.92 Å². The quantitative estimate of drug-likeness (QED) is 0.496. The third-order valence-corrected chi connectivity index (χ3v) is 5.35. The minimum atomic E-state index is 0.520. The van der Waals surface area contributed by atoms with Crippen LogP contribution in [0.3, 0.4) is 0 Å². The van der Waals surface area contributed by atoms with Gasteiger partial charge in [-0.3, -0.25) is 0 Å². The predicted molar refractivity (Wildman–Crippen MR) is 112 cm³/mol. The highest BCUT2D eigenvalue weighted by Crippen LogP contribution is 2.29. The number of aromatic nitrogens is 2. The van der Waals surface area contributed by atoms with Gasteiger partial charge in [0.25, 0.3) is 0 Å². The number of benzene rings is 2. The zero-order valence-electron chi connectivity index (χ0n) is 15.4. The number of hydrogen-bond acceptors (Lipinski definition) is 5. The van der Waals surface area contributed by atoms with Gasteiger partial charge in [0.05, 0.1) is 12.2 Å². The van der Waals surface area contributed by atoms with Crippen LogP contribution in [-0.2, 0) is 6.42 Å². The maximum Gasteiger partial charge on any atom is 0.148 e. The van der Waals surface area contributed by atoms with Crippen molar-refractivity contribution in [2.24, 2.45) is 0 Å². The second-order valence-electron chi connectivity index (χ2n) is 6.00. The molecule has 0 spiro atoms. The molecule has 1 aromatic heterocycles. The van der Waals surface area contributed by atoms with Crippen molar-refractivity contribution in [3.8, 4) is 5.75 Å². The predicted octanol–water partition coefficient (Wildman–Crippen LogP) is 5.64. The topological polar surface area (TPSA) is 47.0 Å². The lowest BCUT2D eigenvalue weighted by atomic mass is 10.2. The molecule has 1 heterocycles. The molecule has 0 saturated heterocycles. The highest BCUT2D eigenvalue weighted by atomic mass is 35.5. The molecule has 4 nitrogen and oxygen atoms in total. The van der Waals surface area contributed by atoms with Crippen molar-refractivity contribution in [2.45, 2.75) is 30.1 Å². The second-order valence-corrected chi connectivity index (χ2v) is 7.52. The molecule has 3 rings (SSSR count). The van der Waals surface area contributed by atoms with Crippen molar-refractivity contribution in [1.29, 1.82) is 0 Å². The van der Waals surface area contributed by atoms with Gasteiger partial charge in [0.1, 0.15) is 29.5 Å². The number of anilines is 1. The summed E-state index contributed by atoms with van der Waals surface area (Å²) in [6.07, 6.45) is 2.30. The second kappa shape index (κ2) is 9.62. The number of nitrogens with one attached hydrogen (secondary N) is 1. The van der Waals surface area contributed by atoms with Crippen LogP contribution in [0.5, 0.6) is 5.75 Å². The van der Waals surface area contributed by atoms with Crippen molar-refractivity contribution in [3.63, 3.8) is 0 Å². The van der Waals surface area contributed by atoms with Crippen LogP contribution in [0.2, 0.25) is 5.02 Å². The van der Waals surface area contributed by atoms with Crippen molar-refractivity contribution < 1.29 is 4.74 Å². The fraction of sp³-hybridized carbons (Fsp3) is 0.238. The van der Waals surface area contributed by atoms with Gasteiger partial charge in [-0.25, -0.2) is 9.97 Å². The first-order valence-electron chi connectivity index (χ1n) is 8.86. The largest absolute Gasteiger partial charge is 0.492 e. The average molecular weight is 400 g/mol. The Morgan fingerprint density at radius 2 is 1.67 bits per heavy atom. The fourth-order valence-corrected chi connectivity index (χ4v) is 3.58. The van der Waals surface area contributed by atoms with Crippen molar-refractivity contribution in [3.05, 3.63) is 71.1 Å². The van der Waals surface area contributed by atoms with E-state index in [0.717, 1.165) is 17.9 Å². The molecule has 0 unspecified atom stereocenters. The summed E-state index contributed by atoms with van der Waals surface area (Å²) in [5, 5.41) is 3.78. The van der Waals surface area contributed by atoms with Gasteiger partial charge in [-0.15, -0.1) is 0 Å². The molecule has 0 saturated carbocycles. The average Bonchev–Trinajstić information content (AvgIpc) is 2.69. The SMILES string of the molecule is CCc1ncnc(NCCOc2ccc(Sc3ccc(C)cc3)cc2)c1Cl. The number of rotatable bonds is 8. The number of nitrogens with zero attached hydrogens (tertiary/aromatic N) is 2. The summed E-state index contributed by atoms with van der Waals surface area (Å²) in [5.41, 5.74) is 2.11. The number of halogens is 1. The van der Waals surface area contributed by atoms with Crippen LogP contribution in [0.15, 0.2) is 64.6 Å². The van der Waals surface area contributed by atoms with Crippen LogP contribution in [0.25, 0.3) is 0 Å². The first-order chi connectivity index (χ1) is 13.2. The van der Waals surface area contributed by atoms with E-state index in [2.05, 4.69) is 58.6 Å². The molecule has 0 amide bonds. The van der Waals surface area contributed by atoms with Gasteiger partial charge < -0.3 is 10.1 Å². The summed E-state index contributed by atoms with van der Waals surface area (Å²) >= 11 is 8.01. The van der Waals surface area contributed by atoms with Gasteiger partial charge in [-0.2, -0.15) is 0 Å². The molecular formula is C21H22ClN3OS. The molecule has 27 heavy (non-hydrogen) atoms. The summed E-state index contributed by atoms with van der Waals surface area (Å²) in [6.45, 7) is 5.24. The third kappa shape index (κ3) is 5.62. The van der Waals surface area contributed by atoms with E-state index < -0.39 is 0 Å². The summed E-state index contributed by atoms with van der Waals surface area (Å²) in [5.74, 6) is 1.49. The maximum atomic E-state index is 6.27. The Hall–Kier alpha value is -2.24. The summed E-state index contributed by atoms with van der Waals surface area (Å²) in [4.78, 5) is 10.7. The molecule has 0 aliphatic carbocycles. The number of hydrogen-bond donors (Lipinski definition) is 1. The van der Waals surface area contributed by atoms with E-state index in [1.54, 1.807) is 11.8 Å². The molecule has 0 aliphatic heterocycles. The summed E-state index contributed by atoms with van der Waals surface area (Å²) < 4.78 is 5.79. The zero-order chi connectivity index (χ0) is 19.1. The standard InChI is InChI=1S/C21H22ClN3OS/c1-3-19-20(22)21(25-14-24-19)23-12-13-26-16-6-10-18(11-7-16)27-17-8-4-15(2)5-9-17/h4-11,14H,3,12-13H2,1-2H3,(H,23,24,25). The van der Waals surface area contributed by atoms with Gasteiger partial charge in [-0.1, -0.05) is 48.0 Å². The first kappa shape index (κ1) is 19.5. The minimum absolute atomic E-state index is 0.520. The smallest absolute Gasteiger partial charge is 0.148 e. The Kier molecular flexibility index (Phi) is 6.96. The van der Waals surface area contributed by atoms with E-state index in [0.29, 0.717) is 24.0 Å². The molecule has 0 aliphatic rings. The molecule has 1 N–H and O–H groups in total. The molecule has 0 bridgehead atoms. The molecule has 140 valence electrons. The monoisotopic (exact) mass is 399 g/mol. The van der Waals surface area contributed by atoms with E-state index in [9.17, 15) is 0 Å². The molecule has 6 heteroatoms. The van der Waals surface area contributed by atoms with E-state index in [1.807, 2.05) is 19.1 Å². The van der Waals surface area contributed by atoms with Crippen LogP contribution in [0.1, 0.15) is 18.2 Å². The molecule has 0 fully saturated rings. The van der Waals surface area contributed by atoms with E-state index in [-0.39, 0.29) is 0 Å². The summed E-state index contributed by atoms with van der Waals surface area (Å²) in [6, 6.07) is 16.6. The van der Waals surface area contributed by atoms with Crippen LogP contribution in [-0.4, -0.2) is 23.1 Å². The Balaban J connectivity index is 1.47. The fourth-order valence-electron chi connectivity index (χ4n) is 2.46. The van der Waals surface area contributed by atoms with E-state index in [4.69, 9.17) is 16.3 Å². The highest BCUT2D eigenvalue weighted by Gasteiger charge is 2.07. The number of aryl methyl sites for hydroxylation is 2. The first-order valence-corrected chi connectivity index (χ1v) is 10.1. The van der Waals surface area contributed by atoms with E-state index in [1.165, 1.54) is 21.7 Å². The van der Waals surface area contributed by atoms with Crippen molar-refractivity contribution >= 4 is 29.2 Å². The lowest BCUT2D eigenvalue weighted by molar-refractivity contribution is 0.332. The molecule has 0 atom stereocenters. The zero-order valence-corrected chi connectivity index (χ0v) is 17.0. The molecule has 3 aromatic rings. The summed E-state index contributed by atoms with van der Waals surface area (Å²) in [7, 11) is 0. The lowest BCUT2D eigenvalue weighted by Gasteiger charge is -2.10. The van der Waals surface area contributed by atoms with Crippen molar-refractivity contribution in [1.82, 2.24) is 9.97 Å². The highest BCUT2D eigenvalue weighted by molar-refractivity contribution is 7.99. The van der Waals surface area contributed by atoms with Gasteiger partial charge in [0.2, 0.25) is 0 Å². The van der Waals surface area contributed by atoms with Gasteiger partial charge in [-0.05, 0) is 49.7 Å².